The molecule has 0 radical (unpaired) electrons. The summed E-state index contributed by atoms with van der Waals surface area (Å²) < 4.78 is 2.23. The summed E-state index contributed by atoms with van der Waals surface area (Å²) in [5.41, 5.74) is 0. The van der Waals surface area contributed by atoms with E-state index in [1.54, 1.807) is 0 Å². The van der Waals surface area contributed by atoms with Crippen molar-refractivity contribution in [1.29, 1.82) is 0 Å². The van der Waals surface area contributed by atoms with E-state index < -0.39 is 0 Å². The fraction of sp³-hybridized carbons (Fsp3) is 0.579. The summed E-state index contributed by atoms with van der Waals surface area (Å²) in [6.07, 6.45) is 7.02. The van der Waals surface area contributed by atoms with Crippen molar-refractivity contribution in [2.45, 2.75) is 25.4 Å². The first-order valence-corrected chi connectivity index (χ1v) is 10.1. The highest BCUT2D eigenvalue weighted by Crippen LogP contribution is 2.27. The third kappa shape index (κ3) is 4.27. The number of hydrogen-bond acceptors (Lipinski definition) is 4. The normalized spacial score (nSPS) is 22.7. The lowest BCUT2D eigenvalue weighted by Gasteiger charge is -2.39. The zero-order valence-corrected chi connectivity index (χ0v) is 17.0. The summed E-state index contributed by atoms with van der Waals surface area (Å²) >= 11 is 1.81. The van der Waals surface area contributed by atoms with E-state index in [-0.39, 0.29) is 0 Å². The van der Waals surface area contributed by atoms with Crippen LogP contribution in [0.1, 0.15) is 30.3 Å². The Kier molecular flexibility index (Phi) is 6.32. The number of hydrogen-bond donors (Lipinski definition) is 1. The van der Waals surface area contributed by atoms with Gasteiger partial charge in [0, 0.05) is 44.0 Å². The Hall–Kier alpha value is -1.86. The van der Waals surface area contributed by atoms with E-state index in [2.05, 4.69) is 74.4 Å². The molecule has 1 saturated heterocycles. The highest BCUT2D eigenvalue weighted by molar-refractivity contribution is 7.10. The van der Waals surface area contributed by atoms with Gasteiger partial charge in [0.15, 0.2) is 5.96 Å². The van der Waals surface area contributed by atoms with Crippen LogP contribution in [0.15, 0.2) is 41.2 Å². The van der Waals surface area contributed by atoms with Gasteiger partial charge in [0.25, 0.3) is 0 Å². The van der Waals surface area contributed by atoms with Gasteiger partial charge in [-0.1, -0.05) is 13.0 Å². The minimum Gasteiger partial charge on any atom is -0.354 e. The Morgan fingerprint density at radius 2 is 2.35 bits per heavy atom. The molecule has 3 heterocycles. The van der Waals surface area contributed by atoms with E-state index in [9.17, 15) is 0 Å². The SMILES string of the molecule is CN=C(NCC(c1cccs1)N(C)C)N1CCC(C)C(n2ccnc2)C1. The second-order valence-electron chi connectivity index (χ2n) is 7.21. The molecule has 3 rings (SSSR count). The lowest BCUT2D eigenvalue weighted by molar-refractivity contribution is 0.187. The predicted octanol–water partition coefficient (Wildman–Crippen LogP) is 2.71. The zero-order valence-electron chi connectivity index (χ0n) is 16.2. The van der Waals surface area contributed by atoms with Crippen LogP contribution in [0.3, 0.4) is 0 Å². The number of nitrogens with one attached hydrogen (secondary N) is 1. The second-order valence-corrected chi connectivity index (χ2v) is 8.19. The molecular formula is C19H30N6S. The topological polar surface area (TPSA) is 48.7 Å². The Morgan fingerprint density at radius 3 is 2.96 bits per heavy atom. The largest absolute Gasteiger partial charge is 0.354 e. The molecule has 6 nitrogen and oxygen atoms in total. The average Bonchev–Trinajstić information content (AvgIpc) is 3.33. The fourth-order valence-electron chi connectivity index (χ4n) is 3.63. The van der Waals surface area contributed by atoms with Crippen molar-refractivity contribution in [2.75, 3.05) is 40.8 Å². The van der Waals surface area contributed by atoms with Crippen molar-refractivity contribution in [3.05, 3.63) is 41.1 Å². The molecule has 0 amide bonds. The van der Waals surface area contributed by atoms with Crippen LogP contribution in [-0.2, 0) is 0 Å². The summed E-state index contributed by atoms with van der Waals surface area (Å²) in [5.74, 6) is 1.63. The summed E-state index contributed by atoms with van der Waals surface area (Å²) in [6.45, 7) is 5.18. The number of guanidine groups is 1. The van der Waals surface area contributed by atoms with E-state index in [0.29, 0.717) is 18.0 Å². The number of aromatic nitrogens is 2. The summed E-state index contributed by atoms with van der Waals surface area (Å²) in [6, 6.07) is 5.11. The third-order valence-corrected chi connectivity index (χ3v) is 6.26. The molecule has 142 valence electrons. The highest BCUT2D eigenvalue weighted by atomic mass is 32.1. The standard InChI is InChI=1S/C19H30N6S/c1-15-7-9-24(13-17(15)25-10-8-21-14-25)19(20-2)22-12-16(23(3)4)18-6-5-11-26-18/h5-6,8,10-11,14-17H,7,9,12-13H2,1-4H3,(H,20,22). The van der Waals surface area contributed by atoms with Crippen molar-refractivity contribution in [3.63, 3.8) is 0 Å². The Labute approximate surface area is 160 Å². The number of piperidine rings is 1. The van der Waals surface area contributed by atoms with Crippen molar-refractivity contribution in [2.24, 2.45) is 10.9 Å². The molecule has 0 aliphatic carbocycles. The van der Waals surface area contributed by atoms with Gasteiger partial charge in [0.05, 0.1) is 18.4 Å². The van der Waals surface area contributed by atoms with Crippen LogP contribution < -0.4 is 5.32 Å². The van der Waals surface area contributed by atoms with Crippen LogP contribution in [0.4, 0.5) is 0 Å². The van der Waals surface area contributed by atoms with Crippen molar-refractivity contribution < 1.29 is 0 Å². The van der Waals surface area contributed by atoms with Crippen molar-refractivity contribution in [1.82, 2.24) is 24.7 Å². The Bertz CT molecular complexity index is 679. The molecule has 0 bridgehead atoms. The van der Waals surface area contributed by atoms with E-state index in [1.807, 2.05) is 30.9 Å². The number of likely N-dealkylation sites (N-methyl/N-ethyl adjacent to an activating group) is 1. The Morgan fingerprint density at radius 1 is 1.50 bits per heavy atom. The Balaban J connectivity index is 1.65. The first-order valence-electron chi connectivity index (χ1n) is 9.23. The molecule has 0 saturated carbocycles. The number of nitrogens with zero attached hydrogens (tertiary/aromatic N) is 5. The minimum absolute atomic E-state index is 0.347. The van der Waals surface area contributed by atoms with Gasteiger partial charge in [-0.2, -0.15) is 0 Å². The van der Waals surface area contributed by atoms with E-state index in [0.717, 1.165) is 32.0 Å². The summed E-state index contributed by atoms with van der Waals surface area (Å²) in [4.78, 5) is 14.8. The average molecular weight is 375 g/mol. The molecule has 3 unspecified atom stereocenters. The van der Waals surface area contributed by atoms with Crippen LogP contribution >= 0.6 is 11.3 Å². The van der Waals surface area contributed by atoms with Crippen LogP contribution in [0.5, 0.6) is 0 Å². The maximum atomic E-state index is 4.56. The van der Waals surface area contributed by atoms with Gasteiger partial charge >= 0.3 is 0 Å². The lowest BCUT2D eigenvalue weighted by Crippen LogP contribution is -2.50. The van der Waals surface area contributed by atoms with Crippen molar-refractivity contribution >= 4 is 17.3 Å². The van der Waals surface area contributed by atoms with Crippen molar-refractivity contribution in [3.8, 4) is 0 Å². The molecule has 1 aliphatic rings. The molecule has 2 aromatic rings. The number of likely N-dealkylation sites (tertiary alicyclic amines) is 1. The van der Waals surface area contributed by atoms with Gasteiger partial charge in [0.1, 0.15) is 0 Å². The molecule has 1 aliphatic heterocycles. The molecule has 0 spiro atoms. The monoisotopic (exact) mass is 374 g/mol. The van der Waals surface area contributed by atoms with Crippen LogP contribution in [0.2, 0.25) is 0 Å². The van der Waals surface area contributed by atoms with Gasteiger partial charge < -0.3 is 19.7 Å². The van der Waals surface area contributed by atoms with Gasteiger partial charge in [-0.15, -0.1) is 11.3 Å². The van der Waals surface area contributed by atoms with E-state index >= 15 is 0 Å². The zero-order chi connectivity index (χ0) is 18.5. The molecule has 1 fully saturated rings. The summed E-state index contributed by atoms with van der Waals surface area (Å²) in [5, 5.41) is 5.75. The number of thiophene rings is 1. The third-order valence-electron chi connectivity index (χ3n) is 5.29. The molecular weight excluding hydrogens is 344 g/mol. The van der Waals surface area contributed by atoms with Crippen LogP contribution in [-0.4, -0.2) is 66.1 Å². The summed E-state index contributed by atoms with van der Waals surface area (Å²) in [7, 11) is 6.14. The first-order chi connectivity index (χ1) is 12.6. The molecule has 3 atom stereocenters. The number of aliphatic imine (C=N–C) groups is 1. The lowest BCUT2D eigenvalue weighted by atomic mass is 9.93. The van der Waals surface area contributed by atoms with Gasteiger partial charge in [-0.05, 0) is 37.9 Å². The second kappa shape index (κ2) is 8.68. The minimum atomic E-state index is 0.347. The highest BCUT2D eigenvalue weighted by Gasteiger charge is 2.29. The maximum Gasteiger partial charge on any atom is 0.193 e. The van der Waals surface area contributed by atoms with Crippen LogP contribution in [0, 0.1) is 5.92 Å². The van der Waals surface area contributed by atoms with E-state index in [1.165, 1.54) is 4.88 Å². The van der Waals surface area contributed by atoms with Gasteiger partial charge in [-0.25, -0.2) is 4.98 Å². The van der Waals surface area contributed by atoms with E-state index in [4.69, 9.17) is 0 Å². The smallest absolute Gasteiger partial charge is 0.193 e. The quantitative estimate of drug-likeness (QED) is 0.646. The predicted molar refractivity (Wildman–Crippen MR) is 109 cm³/mol. The molecule has 0 aromatic carbocycles. The van der Waals surface area contributed by atoms with Crippen LogP contribution in [0.25, 0.3) is 0 Å². The number of rotatable bonds is 5. The van der Waals surface area contributed by atoms with Gasteiger partial charge in [0.2, 0.25) is 0 Å². The maximum absolute atomic E-state index is 4.56. The molecule has 26 heavy (non-hydrogen) atoms. The number of imidazole rings is 1. The fourth-order valence-corrected chi connectivity index (χ4v) is 4.56. The molecule has 2 aromatic heterocycles. The van der Waals surface area contributed by atoms with Gasteiger partial charge in [-0.3, -0.25) is 4.99 Å². The first kappa shape index (κ1) is 18.9. The molecule has 7 heteroatoms. The molecule has 1 N–H and O–H groups in total.